The average molecular weight is 295 g/mol. The van der Waals surface area contributed by atoms with Crippen LogP contribution in [0.15, 0.2) is 42.7 Å². The van der Waals surface area contributed by atoms with Crippen LogP contribution in [-0.2, 0) is 0 Å². The minimum absolute atomic E-state index is 0.0152. The largest absolute Gasteiger partial charge is 0.333 e. The fraction of sp³-hybridized carbons (Fsp3) is 0.389. The van der Waals surface area contributed by atoms with Gasteiger partial charge in [-0.3, -0.25) is 4.57 Å². The molecule has 1 N–H and O–H groups in total. The van der Waals surface area contributed by atoms with Crippen molar-refractivity contribution in [3.63, 3.8) is 0 Å². The van der Waals surface area contributed by atoms with E-state index in [9.17, 15) is 4.79 Å². The molecule has 2 saturated heterocycles. The first-order chi connectivity index (χ1) is 10.7. The number of nitrogens with zero attached hydrogens (tertiary/aromatic N) is 2. The highest BCUT2D eigenvalue weighted by molar-refractivity contribution is 5.79. The van der Waals surface area contributed by atoms with E-state index in [1.807, 2.05) is 30.6 Å². The third-order valence-electron chi connectivity index (χ3n) is 5.03. The zero-order chi connectivity index (χ0) is 15.1. The van der Waals surface area contributed by atoms with E-state index in [0.717, 1.165) is 18.7 Å². The molecule has 2 aliphatic rings. The molecule has 0 saturated carbocycles. The van der Waals surface area contributed by atoms with Crippen molar-refractivity contribution in [1.82, 2.24) is 14.8 Å². The number of hydrogen-bond acceptors (Lipinski definition) is 2. The van der Waals surface area contributed by atoms with Gasteiger partial charge in [0.25, 0.3) is 0 Å². The highest BCUT2D eigenvalue weighted by Gasteiger charge is 2.38. The summed E-state index contributed by atoms with van der Waals surface area (Å²) in [7, 11) is 0. The summed E-state index contributed by atoms with van der Waals surface area (Å²) in [5, 5.41) is 3.19. The van der Waals surface area contributed by atoms with Gasteiger partial charge in [-0.25, -0.2) is 4.79 Å². The molecule has 1 aromatic carbocycles. The van der Waals surface area contributed by atoms with Gasteiger partial charge in [-0.15, -0.1) is 0 Å². The molecule has 0 aliphatic carbocycles. The molecule has 1 aromatic heterocycles. The molecule has 0 spiro atoms. The highest BCUT2D eigenvalue weighted by atomic mass is 16.2. The minimum Gasteiger partial charge on any atom is -0.333 e. The van der Waals surface area contributed by atoms with Gasteiger partial charge in [-0.2, -0.15) is 0 Å². The van der Waals surface area contributed by atoms with Gasteiger partial charge in [0, 0.05) is 37.1 Å². The molecular weight excluding hydrogens is 274 g/mol. The second-order valence-electron chi connectivity index (χ2n) is 6.49. The lowest BCUT2D eigenvalue weighted by atomic mass is 10.0. The second-order valence-corrected chi connectivity index (χ2v) is 6.49. The maximum absolute atomic E-state index is 12.4. The quantitative estimate of drug-likeness (QED) is 0.925. The van der Waals surface area contributed by atoms with E-state index in [1.165, 1.54) is 24.1 Å². The third kappa shape index (κ3) is 2.33. The molecule has 114 valence electrons. The zero-order valence-corrected chi connectivity index (χ0v) is 12.8. The summed E-state index contributed by atoms with van der Waals surface area (Å²) in [5.41, 5.74) is 3.49. The predicted octanol–water partition coefficient (Wildman–Crippen LogP) is 2.73. The number of amides is 1. The Morgan fingerprint density at radius 3 is 2.82 bits per heavy atom. The number of carbonyl (C=O) groups excluding carboxylic acids is 1. The molecule has 22 heavy (non-hydrogen) atoms. The van der Waals surface area contributed by atoms with Gasteiger partial charge in [0.05, 0.1) is 0 Å². The Hall–Kier alpha value is -2.07. The van der Waals surface area contributed by atoms with Crippen molar-refractivity contribution < 1.29 is 4.79 Å². The summed E-state index contributed by atoms with van der Waals surface area (Å²) < 4.78 is 1.67. The topological polar surface area (TPSA) is 37.3 Å². The van der Waals surface area contributed by atoms with Gasteiger partial charge in [-0.1, -0.05) is 24.3 Å². The normalized spacial score (nSPS) is 26.3. The first-order valence-corrected chi connectivity index (χ1v) is 7.98. The molecule has 2 aromatic rings. The first kappa shape index (κ1) is 13.6. The van der Waals surface area contributed by atoms with Crippen LogP contribution in [0.1, 0.15) is 12.0 Å². The Morgan fingerprint density at radius 2 is 2.09 bits per heavy atom. The van der Waals surface area contributed by atoms with Crippen molar-refractivity contribution in [2.24, 2.45) is 5.92 Å². The van der Waals surface area contributed by atoms with Crippen LogP contribution < -0.4 is 5.32 Å². The second kappa shape index (κ2) is 5.29. The number of benzene rings is 1. The molecule has 1 amide bonds. The Labute approximate surface area is 130 Å². The van der Waals surface area contributed by atoms with Gasteiger partial charge < -0.3 is 10.2 Å². The van der Waals surface area contributed by atoms with Crippen LogP contribution in [0.3, 0.4) is 0 Å². The number of fused-ring (bicyclic) bond motifs is 2. The molecule has 4 heteroatoms. The summed E-state index contributed by atoms with van der Waals surface area (Å²) in [5.74, 6) is 0.635. The maximum Gasteiger partial charge on any atom is 0.325 e. The Kier molecular flexibility index (Phi) is 3.26. The van der Waals surface area contributed by atoms with Crippen LogP contribution in [0.25, 0.3) is 11.1 Å². The number of piperidine rings is 1. The minimum atomic E-state index is -0.0152. The standard InChI is InChI=1S/C18H21N3O/c1-13-4-2-3-5-16(13)14-7-9-21(11-14)18(22)19-17-12-20-8-6-15(17)10-20/h2-5,7,9,11,15,17H,6,8,10,12H2,1H3,(H,19,22)/t15-,17?/m0/s1. The lowest BCUT2D eigenvalue weighted by Gasteiger charge is -2.23. The molecule has 2 unspecified atom stereocenters. The van der Waals surface area contributed by atoms with Crippen LogP contribution in [0.4, 0.5) is 4.79 Å². The zero-order valence-electron chi connectivity index (χ0n) is 12.8. The Balaban J connectivity index is 1.49. The Bertz CT molecular complexity index is 706. The molecule has 2 aliphatic heterocycles. The van der Waals surface area contributed by atoms with Crippen molar-refractivity contribution in [1.29, 1.82) is 0 Å². The third-order valence-corrected chi connectivity index (χ3v) is 5.03. The summed E-state index contributed by atoms with van der Waals surface area (Å²) in [6.07, 6.45) is 4.99. The number of aromatic nitrogens is 1. The first-order valence-electron chi connectivity index (χ1n) is 7.98. The molecule has 4 rings (SSSR count). The fourth-order valence-electron chi connectivity index (χ4n) is 3.76. The lowest BCUT2D eigenvalue weighted by molar-refractivity contribution is 0.231. The fourth-order valence-corrected chi connectivity index (χ4v) is 3.76. The van der Waals surface area contributed by atoms with Gasteiger partial charge in [0.2, 0.25) is 0 Å². The van der Waals surface area contributed by atoms with Crippen molar-refractivity contribution >= 4 is 6.03 Å². The van der Waals surface area contributed by atoms with E-state index < -0.39 is 0 Å². The molecule has 0 radical (unpaired) electrons. The summed E-state index contributed by atoms with van der Waals surface area (Å²) in [6.45, 7) is 5.43. The maximum atomic E-state index is 12.4. The van der Waals surface area contributed by atoms with E-state index in [-0.39, 0.29) is 6.03 Å². The van der Waals surface area contributed by atoms with E-state index in [4.69, 9.17) is 0 Å². The highest BCUT2D eigenvalue weighted by Crippen LogP contribution is 2.28. The summed E-state index contributed by atoms with van der Waals surface area (Å²) in [6, 6.07) is 10.6. The molecule has 2 bridgehead atoms. The van der Waals surface area contributed by atoms with E-state index in [2.05, 4.69) is 29.3 Å². The SMILES string of the molecule is Cc1ccccc1-c1ccn(C(=O)NC2CN3CC[C@H]2C3)c1. The van der Waals surface area contributed by atoms with Crippen molar-refractivity contribution in [2.75, 3.05) is 19.6 Å². The molecule has 3 atom stereocenters. The van der Waals surface area contributed by atoms with Crippen LogP contribution in [0.2, 0.25) is 0 Å². The van der Waals surface area contributed by atoms with E-state index >= 15 is 0 Å². The van der Waals surface area contributed by atoms with E-state index in [1.54, 1.807) is 4.57 Å². The summed E-state index contributed by atoms with van der Waals surface area (Å²) >= 11 is 0. The number of carbonyl (C=O) groups is 1. The van der Waals surface area contributed by atoms with Gasteiger partial charge in [0.1, 0.15) is 0 Å². The number of hydrogen-bond donors (Lipinski definition) is 1. The number of nitrogens with one attached hydrogen (secondary N) is 1. The van der Waals surface area contributed by atoms with Crippen LogP contribution in [-0.4, -0.2) is 41.2 Å². The molecule has 2 fully saturated rings. The van der Waals surface area contributed by atoms with Crippen molar-refractivity contribution in [3.05, 3.63) is 48.3 Å². The summed E-state index contributed by atoms with van der Waals surface area (Å²) in [4.78, 5) is 14.9. The van der Waals surface area contributed by atoms with Crippen molar-refractivity contribution in [2.45, 2.75) is 19.4 Å². The number of aryl methyl sites for hydroxylation is 1. The molecular formula is C18H21N3O. The molecule has 3 heterocycles. The predicted molar refractivity (Wildman–Crippen MR) is 86.9 cm³/mol. The molecule has 4 nitrogen and oxygen atoms in total. The van der Waals surface area contributed by atoms with Crippen LogP contribution in [0, 0.1) is 12.8 Å². The Morgan fingerprint density at radius 1 is 1.23 bits per heavy atom. The average Bonchev–Trinajstić information content (AvgIpc) is 3.24. The monoisotopic (exact) mass is 295 g/mol. The van der Waals surface area contributed by atoms with E-state index in [0.29, 0.717) is 12.0 Å². The van der Waals surface area contributed by atoms with Gasteiger partial charge >= 0.3 is 6.03 Å². The smallest absolute Gasteiger partial charge is 0.325 e. The van der Waals surface area contributed by atoms with Crippen LogP contribution >= 0.6 is 0 Å². The van der Waals surface area contributed by atoms with Gasteiger partial charge in [-0.05, 0) is 43.0 Å². The van der Waals surface area contributed by atoms with Crippen molar-refractivity contribution in [3.8, 4) is 11.1 Å². The number of rotatable bonds is 2. The van der Waals surface area contributed by atoms with Gasteiger partial charge in [0.15, 0.2) is 0 Å². The lowest BCUT2D eigenvalue weighted by Crippen LogP contribution is -2.44. The van der Waals surface area contributed by atoms with Crippen LogP contribution in [0.5, 0.6) is 0 Å².